The molecule has 0 aliphatic carbocycles. The van der Waals surface area contributed by atoms with Crippen molar-refractivity contribution in [1.29, 1.82) is 0 Å². The molecule has 1 heterocycles. The summed E-state index contributed by atoms with van der Waals surface area (Å²) in [4.78, 5) is 22.9. The Morgan fingerprint density at radius 2 is 2.19 bits per heavy atom. The predicted molar refractivity (Wildman–Crippen MR) is 81.6 cm³/mol. The molecule has 2 rings (SSSR count). The number of anilines is 1. The summed E-state index contributed by atoms with van der Waals surface area (Å²) in [5.41, 5.74) is 1.56. The van der Waals surface area contributed by atoms with Crippen LogP contribution in [0.15, 0.2) is 18.2 Å². The minimum absolute atomic E-state index is 0.0233. The lowest BCUT2D eigenvalue weighted by atomic mass is 10.0. The van der Waals surface area contributed by atoms with Crippen LogP contribution in [0.2, 0.25) is 0 Å². The Morgan fingerprint density at radius 1 is 1.38 bits per heavy atom. The van der Waals surface area contributed by atoms with E-state index in [1.807, 2.05) is 0 Å². The number of aryl methyl sites for hydroxylation is 1. The molecule has 1 aromatic carbocycles. The lowest BCUT2D eigenvalue weighted by molar-refractivity contribution is -0.116. The molecular weight excluding hydrogens is 268 g/mol. The summed E-state index contributed by atoms with van der Waals surface area (Å²) in [6.07, 6.45) is 4.92. The first-order valence-corrected chi connectivity index (χ1v) is 7.43. The van der Waals surface area contributed by atoms with Crippen LogP contribution in [-0.2, 0) is 4.79 Å². The lowest BCUT2D eigenvalue weighted by Gasteiger charge is -2.23. The number of nitrogens with one attached hydrogen (secondary N) is 2. The maximum absolute atomic E-state index is 11.9. The summed E-state index contributed by atoms with van der Waals surface area (Å²) in [5.74, 6) is -0.974. The minimum atomic E-state index is -0.950. The van der Waals surface area contributed by atoms with Gasteiger partial charge in [-0.1, -0.05) is 6.42 Å². The molecule has 1 aliphatic heterocycles. The molecule has 1 atom stereocenters. The third-order valence-corrected chi connectivity index (χ3v) is 3.87. The highest BCUT2D eigenvalue weighted by molar-refractivity contribution is 5.93. The Bertz CT molecular complexity index is 522. The van der Waals surface area contributed by atoms with Crippen molar-refractivity contribution in [2.75, 3.05) is 11.9 Å². The smallest absolute Gasteiger partial charge is 0.335 e. The molecule has 1 aromatic rings. The fourth-order valence-electron chi connectivity index (χ4n) is 2.68. The molecule has 0 spiro atoms. The number of carbonyl (C=O) groups is 2. The van der Waals surface area contributed by atoms with Crippen molar-refractivity contribution in [2.24, 2.45) is 0 Å². The molecule has 1 aliphatic rings. The summed E-state index contributed by atoms with van der Waals surface area (Å²) in [6.45, 7) is 2.77. The van der Waals surface area contributed by atoms with Crippen molar-refractivity contribution in [3.8, 4) is 0 Å². The Hall–Kier alpha value is -1.88. The monoisotopic (exact) mass is 290 g/mol. The number of amides is 1. The summed E-state index contributed by atoms with van der Waals surface area (Å²) in [6, 6.07) is 5.30. The van der Waals surface area contributed by atoms with E-state index >= 15 is 0 Å². The third-order valence-electron chi connectivity index (χ3n) is 3.87. The summed E-state index contributed by atoms with van der Waals surface area (Å²) >= 11 is 0. The van der Waals surface area contributed by atoms with Crippen molar-refractivity contribution in [3.05, 3.63) is 29.3 Å². The van der Waals surface area contributed by atoms with Crippen LogP contribution in [0.1, 0.15) is 48.0 Å². The number of carboxylic acids is 1. The van der Waals surface area contributed by atoms with Crippen LogP contribution in [0, 0.1) is 6.92 Å². The minimum Gasteiger partial charge on any atom is -0.478 e. The number of piperidine rings is 1. The van der Waals surface area contributed by atoms with Gasteiger partial charge in [-0.25, -0.2) is 4.79 Å². The molecule has 1 saturated heterocycles. The molecule has 0 aromatic heterocycles. The zero-order valence-corrected chi connectivity index (χ0v) is 12.3. The van der Waals surface area contributed by atoms with Gasteiger partial charge in [0.2, 0.25) is 5.91 Å². The number of benzene rings is 1. The van der Waals surface area contributed by atoms with E-state index in [2.05, 4.69) is 10.6 Å². The predicted octanol–water partition coefficient (Wildman–Crippen LogP) is 2.55. The summed E-state index contributed by atoms with van der Waals surface area (Å²) in [7, 11) is 0. The molecule has 5 nitrogen and oxygen atoms in total. The zero-order chi connectivity index (χ0) is 15.2. The van der Waals surface area contributed by atoms with Crippen LogP contribution in [0.3, 0.4) is 0 Å². The van der Waals surface area contributed by atoms with Gasteiger partial charge in [-0.3, -0.25) is 4.79 Å². The molecule has 0 bridgehead atoms. The topological polar surface area (TPSA) is 78.4 Å². The summed E-state index contributed by atoms with van der Waals surface area (Å²) in [5, 5.41) is 15.2. The maximum atomic E-state index is 11.9. The van der Waals surface area contributed by atoms with Crippen LogP contribution in [0.25, 0.3) is 0 Å². The highest BCUT2D eigenvalue weighted by Gasteiger charge is 2.14. The van der Waals surface area contributed by atoms with Crippen molar-refractivity contribution >= 4 is 17.6 Å². The van der Waals surface area contributed by atoms with Crippen LogP contribution >= 0.6 is 0 Å². The Labute approximate surface area is 124 Å². The second-order valence-electron chi connectivity index (χ2n) is 5.57. The van der Waals surface area contributed by atoms with Crippen molar-refractivity contribution in [2.45, 2.75) is 45.1 Å². The van der Waals surface area contributed by atoms with Gasteiger partial charge in [0.05, 0.1) is 5.56 Å². The quantitative estimate of drug-likeness (QED) is 0.778. The van der Waals surface area contributed by atoms with E-state index in [-0.39, 0.29) is 11.5 Å². The van der Waals surface area contributed by atoms with Crippen LogP contribution < -0.4 is 10.6 Å². The number of aromatic carboxylic acids is 1. The molecule has 0 saturated carbocycles. The number of hydrogen-bond acceptors (Lipinski definition) is 3. The molecule has 5 heteroatoms. The largest absolute Gasteiger partial charge is 0.478 e. The third kappa shape index (κ3) is 4.56. The number of rotatable bonds is 5. The number of carbonyl (C=O) groups excluding carboxylic acids is 1. The molecule has 114 valence electrons. The standard InChI is InChI=1S/C16H22N2O3/c1-11-10-13(5-7-14(11)16(20)21)18-15(19)8-6-12-4-2-3-9-17-12/h5,7,10,12,17H,2-4,6,8-9H2,1H3,(H,18,19)(H,20,21). The van der Waals surface area contributed by atoms with E-state index in [1.165, 1.54) is 18.9 Å². The van der Waals surface area contributed by atoms with Gasteiger partial charge in [-0.05, 0) is 56.5 Å². The van der Waals surface area contributed by atoms with Crippen molar-refractivity contribution in [1.82, 2.24) is 5.32 Å². The van der Waals surface area contributed by atoms with E-state index in [9.17, 15) is 9.59 Å². The van der Waals surface area contributed by atoms with Gasteiger partial charge in [0.15, 0.2) is 0 Å². The second-order valence-corrected chi connectivity index (χ2v) is 5.57. The zero-order valence-electron chi connectivity index (χ0n) is 12.3. The number of carboxylic acid groups (broad SMARTS) is 1. The first-order valence-electron chi connectivity index (χ1n) is 7.43. The van der Waals surface area contributed by atoms with Gasteiger partial charge in [-0.2, -0.15) is 0 Å². The summed E-state index contributed by atoms with van der Waals surface area (Å²) < 4.78 is 0. The van der Waals surface area contributed by atoms with E-state index in [4.69, 9.17) is 5.11 Å². The van der Waals surface area contributed by atoms with E-state index in [1.54, 1.807) is 19.1 Å². The van der Waals surface area contributed by atoms with Gasteiger partial charge in [0.1, 0.15) is 0 Å². The Kier molecular flexibility index (Phi) is 5.33. The molecule has 21 heavy (non-hydrogen) atoms. The molecule has 1 fully saturated rings. The van der Waals surface area contributed by atoms with Crippen molar-refractivity contribution < 1.29 is 14.7 Å². The lowest BCUT2D eigenvalue weighted by Crippen LogP contribution is -2.34. The van der Waals surface area contributed by atoms with E-state index in [0.29, 0.717) is 23.7 Å². The Morgan fingerprint density at radius 3 is 2.81 bits per heavy atom. The van der Waals surface area contributed by atoms with Gasteiger partial charge in [0.25, 0.3) is 0 Å². The second kappa shape index (κ2) is 7.22. The molecule has 1 amide bonds. The van der Waals surface area contributed by atoms with Crippen LogP contribution in [0.4, 0.5) is 5.69 Å². The van der Waals surface area contributed by atoms with Gasteiger partial charge in [-0.15, -0.1) is 0 Å². The maximum Gasteiger partial charge on any atom is 0.335 e. The van der Waals surface area contributed by atoms with Gasteiger partial charge < -0.3 is 15.7 Å². The van der Waals surface area contributed by atoms with Gasteiger partial charge >= 0.3 is 5.97 Å². The SMILES string of the molecule is Cc1cc(NC(=O)CCC2CCCCN2)ccc1C(=O)O. The first kappa shape index (κ1) is 15.5. The van der Waals surface area contributed by atoms with Crippen LogP contribution in [-0.4, -0.2) is 29.6 Å². The molecule has 3 N–H and O–H groups in total. The van der Waals surface area contributed by atoms with E-state index < -0.39 is 5.97 Å². The molecule has 1 unspecified atom stereocenters. The fourth-order valence-corrected chi connectivity index (χ4v) is 2.68. The molecular formula is C16H22N2O3. The average Bonchev–Trinajstić information content (AvgIpc) is 2.46. The van der Waals surface area contributed by atoms with Crippen molar-refractivity contribution in [3.63, 3.8) is 0 Å². The normalized spacial score (nSPS) is 18.2. The highest BCUT2D eigenvalue weighted by Crippen LogP contribution is 2.16. The first-order chi connectivity index (χ1) is 10.1. The van der Waals surface area contributed by atoms with Crippen LogP contribution in [0.5, 0.6) is 0 Å². The average molecular weight is 290 g/mol. The number of hydrogen-bond donors (Lipinski definition) is 3. The van der Waals surface area contributed by atoms with E-state index in [0.717, 1.165) is 19.4 Å². The Balaban J connectivity index is 1.84. The molecule has 0 radical (unpaired) electrons. The van der Waals surface area contributed by atoms with Gasteiger partial charge in [0, 0.05) is 18.2 Å². The highest BCUT2D eigenvalue weighted by atomic mass is 16.4. The fraction of sp³-hybridized carbons (Fsp3) is 0.500.